The number of hydrazine groups is 1. The maximum atomic E-state index is 13.8. The number of amides is 3. The van der Waals surface area contributed by atoms with Gasteiger partial charge in [-0.2, -0.15) is 0 Å². The molecule has 0 saturated carbocycles. The molecule has 3 aromatic carbocycles. The summed E-state index contributed by atoms with van der Waals surface area (Å²) in [5, 5.41) is 0.994. The van der Waals surface area contributed by atoms with Crippen LogP contribution in [0, 0.1) is 5.92 Å². The van der Waals surface area contributed by atoms with Crippen LogP contribution in [0.1, 0.15) is 58.2 Å². The molecule has 3 N–H and O–H groups in total. The van der Waals surface area contributed by atoms with Crippen molar-refractivity contribution >= 4 is 44.6 Å². The number of rotatable bonds is 6. The van der Waals surface area contributed by atoms with Crippen LogP contribution in [-0.4, -0.2) is 33.6 Å². The number of para-hydroxylation sites is 1. The zero-order chi connectivity index (χ0) is 26.1. The van der Waals surface area contributed by atoms with Gasteiger partial charge in [-0.3, -0.25) is 25.2 Å². The summed E-state index contributed by atoms with van der Waals surface area (Å²) in [6.07, 6.45) is 2.58. The van der Waals surface area contributed by atoms with E-state index in [0.29, 0.717) is 17.5 Å². The van der Waals surface area contributed by atoms with Gasteiger partial charge in [0.05, 0.1) is 6.04 Å². The van der Waals surface area contributed by atoms with Crippen molar-refractivity contribution in [3.8, 4) is 0 Å². The van der Waals surface area contributed by atoms with E-state index in [2.05, 4.69) is 31.8 Å². The minimum absolute atomic E-state index is 0.171. The van der Waals surface area contributed by atoms with Gasteiger partial charge in [0.1, 0.15) is 6.04 Å². The van der Waals surface area contributed by atoms with Gasteiger partial charge in [-0.25, -0.2) is 0 Å². The maximum absolute atomic E-state index is 13.8. The Balaban J connectivity index is 1.51. The summed E-state index contributed by atoms with van der Waals surface area (Å²) in [7, 11) is 0. The lowest BCUT2D eigenvalue weighted by Gasteiger charge is -2.36. The first kappa shape index (κ1) is 24.8. The molecule has 3 unspecified atom stereocenters. The van der Waals surface area contributed by atoms with E-state index < -0.39 is 23.9 Å². The van der Waals surface area contributed by atoms with Crippen LogP contribution in [0.25, 0.3) is 10.9 Å². The third kappa shape index (κ3) is 4.53. The number of benzene rings is 3. The highest BCUT2D eigenvalue weighted by Crippen LogP contribution is 2.43. The lowest BCUT2D eigenvalue weighted by Crippen LogP contribution is -2.55. The molecule has 1 aliphatic heterocycles. The predicted octanol–water partition coefficient (Wildman–Crippen LogP) is 5.35. The largest absolute Gasteiger partial charge is 0.361 e. The smallest absolute Gasteiger partial charge is 0.269 e. The van der Waals surface area contributed by atoms with Gasteiger partial charge in [0.15, 0.2) is 0 Å². The van der Waals surface area contributed by atoms with Crippen molar-refractivity contribution in [2.24, 2.45) is 5.92 Å². The molecule has 0 aliphatic carbocycles. The van der Waals surface area contributed by atoms with E-state index in [0.717, 1.165) is 26.5 Å². The Morgan fingerprint density at radius 3 is 2.43 bits per heavy atom. The number of carbonyl (C=O) groups excluding carboxylic acids is 3. The van der Waals surface area contributed by atoms with Crippen molar-refractivity contribution in [3.05, 3.63) is 106 Å². The second-order valence-corrected chi connectivity index (χ2v) is 10.2. The number of carbonyl (C=O) groups is 3. The number of nitrogens with one attached hydrogen (secondary N) is 3. The molecule has 0 fully saturated rings. The van der Waals surface area contributed by atoms with E-state index in [4.69, 9.17) is 0 Å². The summed E-state index contributed by atoms with van der Waals surface area (Å²) in [6, 6.07) is 21.0. The Morgan fingerprint density at radius 2 is 1.68 bits per heavy atom. The second-order valence-electron chi connectivity index (χ2n) is 9.27. The Bertz CT molecular complexity index is 1480. The number of aromatic amines is 1. The molecule has 5 rings (SSSR count). The van der Waals surface area contributed by atoms with Crippen LogP contribution >= 0.6 is 15.9 Å². The number of halogens is 1. The molecule has 0 bridgehead atoms. The summed E-state index contributed by atoms with van der Waals surface area (Å²) >= 11 is 3.35. The first-order chi connectivity index (χ1) is 17.9. The Hall–Kier alpha value is -3.91. The molecule has 1 aliphatic rings. The Morgan fingerprint density at radius 1 is 0.973 bits per heavy atom. The number of aromatic nitrogens is 1. The average molecular weight is 559 g/mol. The lowest BCUT2D eigenvalue weighted by molar-refractivity contribution is -0.128. The Labute approximate surface area is 223 Å². The first-order valence-electron chi connectivity index (χ1n) is 12.2. The summed E-state index contributed by atoms with van der Waals surface area (Å²) in [4.78, 5) is 45.1. The number of fused-ring (bicyclic) bond motifs is 2. The van der Waals surface area contributed by atoms with Gasteiger partial charge in [-0.05, 0) is 47.9 Å². The fraction of sp³-hybridized carbons (Fsp3) is 0.207. The topological polar surface area (TPSA) is 94.3 Å². The summed E-state index contributed by atoms with van der Waals surface area (Å²) in [5.74, 6) is -1.25. The van der Waals surface area contributed by atoms with E-state index >= 15 is 0 Å². The van der Waals surface area contributed by atoms with Crippen molar-refractivity contribution in [1.29, 1.82) is 0 Å². The van der Waals surface area contributed by atoms with Gasteiger partial charge >= 0.3 is 0 Å². The van der Waals surface area contributed by atoms with Crippen LogP contribution in [0.5, 0.6) is 0 Å². The molecule has 188 valence electrons. The molecule has 1 aromatic heterocycles. The van der Waals surface area contributed by atoms with Gasteiger partial charge in [0, 0.05) is 38.3 Å². The predicted molar refractivity (Wildman–Crippen MR) is 146 cm³/mol. The molecular weight excluding hydrogens is 532 g/mol. The van der Waals surface area contributed by atoms with Crippen molar-refractivity contribution in [1.82, 2.24) is 20.7 Å². The average Bonchev–Trinajstić information content (AvgIpc) is 3.46. The van der Waals surface area contributed by atoms with Crippen LogP contribution in [0.4, 0.5) is 0 Å². The molecule has 37 heavy (non-hydrogen) atoms. The molecule has 4 aromatic rings. The minimum Gasteiger partial charge on any atom is -0.361 e. The van der Waals surface area contributed by atoms with Crippen LogP contribution in [-0.2, 0) is 4.79 Å². The molecule has 8 heteroatoms. The van der Waals surface area contributed by atoms with E-state index in [1.165, 1.54) is 0 Å². The number of hydrogen-bond donors (Lipinski definition) is 3. The normalized spacial score (nSPS) is 16.4. The molecule has 0 radical (unpaired) electrons. The van der Waals surface area contributed by atoms with E-state index in [9.17, 15) is 14.4 Å². The third-order valence-corrected chi connectivity index (χ3v) is 7.60. The monoisotopic (exact) mass is 558 g/mol. The van der Waals surface area contributed by atoms with Gasteiger partial charge in [-0.15, -0.1) is 0 Å². The molecule has 3 atom stereocenters. The summed E-state index contributed by atoms with van der Waals surface area (Å²) in [6.45, 7) is 3.93. The molecule has 0 saturated heterocycles. The highest BCUT2D eigenvalue weighted by molar-refractivity contribution is 9.10. The summed E-state index contributed by atoms with van der Waals surface area (Å²) in [5.41, 5.74) is 8.84. The van der Waals surface area contributed by atoms with E-state index in [1.54, 1.807) is 35.2 Å². The van der Waals surface area contributed by atoms with Crippen molar-refractivity contribution < 1.29 is 14.4 Å². The molecular formula is C29H27BrN4O3. The van der Waals surface area contributed by atoms with Crippen LogP contribution in [0.15, 0.2) is 83.5 Å². The number of H-pyrrole nitrogens is 1. The van der Waals surface area contributed by atoms with E-state index in [1.807, 2.05) is 62.5 Å². The van der Waals surface area contributed by atoms with Gasteiger partial charge < -0.3 is 9.88 Å². The summed E-state index contributed by atoms with van der Waals surface area (Å²) < 4.78 is 0.848. The number of hydrogen-bond acceptors (Lipinski definition) is 3. The van der Waals surface area contributed by atoms with Gasteiger partial charge in [-0.1, -0.05) is 72.6 Å². The zero-order valence-corrected chi connectivity index (χ0v) is 22.1. The maximum Gasteiger partial charge on any atom is 0.269 e. The van der Waals surface area contributed by atoms with Crippen molar-refractivity contribution in [2.45, 2.75) is 32.4 Å². The van der Waals surface area contributed by atoms with Gasteiger partial charge in [0.2, 0.25) is 0 Å². The number of nitrogens with zero attached hydrogens (tertiary/aromatic N) is 1. The first-order valence-corrected chi connectivity index (χ1v) is 13.0. The zero-order valence-electron chi connectivity index (χ0n) is 20.5. The standard InChI is InChI=1S/C29H27BrN4O3/c1-3-17(2)25(28(36)33-32-27(35)18-12-14-19(30)15-13-18)34-26(21-9-4-5-10-22(21)29(34)37)23-16-31-24-11-7-6-8-20(23)24/h4-17,25-26,31H,3H2,1-2H3,(H,32,35)(H,33,36). The highest BCUT2D eigenvalue weighted by Gasteiger charge is 2.46. The van der Waals surface area contributed by atoms with E-state index in [-0.39, 0.29) is 11.8 Å². The van der Waals surface area contributed by atoms with Crippen LogP contribution in [0.2, 0.25) is 0 Å². The van der Waals surface area contributed by atoms with Crippen molar-refractivity contribution in [2.75, 3.05) is 0 Å². The molecule has 2 heterocycles. The van der Waals surface area contributed by atoms with Crippen LogP contribution < -0.4 is 10.9 Å². The SMILES string of the molecule is CCC(C)C(C(=O)NNC(=O)c1ccc(Br)cc1)N1C(=O)c2ccccc2C1c1c[nH]c2ccccc12. The molecule has 7 nitrogen and oxygen atoms in total. The Kier molecular flexibility index (Phi) is 6.84. The fourth-order valence-electron chi connectivity index (χ4n) is 5.01. The quantitative estimate of drug-likeness (QED) is 0.278. The highest BCUT2D eigenvalue weighted by atomic mass is 79.9. The fourth-order valence-corrected chi connectivity index (χ4v) is 5.27. The second kappa shape index (κ2) is 10.2. The van der Waals surface area contributed by atoms with Crippen molar-refractivity contribution in [3.63, 3.8) is 0 Å². The van der Waals surface area contributed by atoms with Crippen LogP contribution in [0.3, 0.4) is 0 Å². The third-order valence-electron chi connectivity index (χ3n) is 7.07. The molecule has 3 amide bonds. The van der Waals surface area contributed by atoms with Gasteiger partial charge in [0.25, 0.3) is 17.7 Å². The lowest BCUT2D eigenvalue weighted by atomic mass is 9.93. The molecule has 0 spiro atoms. The minimum atomic E-state index is -0.811.